The fourth-order valence-electron chi connectivity index (χ4n) is 2.49. The molecule has 20 heavy (non-hydrogen) atoms. The number of piperidine rings is 1. The zero-order valence-corrected chi connectivity index (χ0v) is 12.6. The van der Waals surface area contributed by atoms with Crippen LogP contribution in [0.2, 0.25) is 0 Å². The van der Waals surface area contributed by atoms with Gasteiger partial charge in [-0.05, 0) is 32.3 Å². The summed E-state index contributed by atoms with van der Waals surface area (Å²) in [4.78, 5) is 14.3. The highest BCUT2D eigenvalue weighted by atomic mass is 32.2. The van der Waals surface area contributed by atoms with Crippen molar-refractivity contribution in [1.82, 2.24) is 9.62 Å². The van der Waals surface area contributed by atoms with Gasteiger partial charge in [0.1, 0.15) is 5.76 Å². The normalized spacial score (nSPS) is 20.1. The Morgan fingerprint density at radius 1 is 1.50 bits per heavy atom. The lowest BCUT2D eigenvalue weighted by molar-refractivity contribution is 0.0617. The summed E-state index contributed by atoms with van der Waals surface area (Å²) in [6, 6.07) is 1.56. The van der Waals surface area contributed by atoms with Gasteiger partial charge in [-0.2, -0.15) is 0 Å². The van der Waals surface area contributed by atoms with Gasteiger partial charge in [0.05, 0.1) is 18.1 Å². The maximum atomic E-state index is 12.5. The van der Waals surface area contributed by atoms with Crippen LogP contribution in [0.3, 0.4) is 0 Å². The molecule has 1 aliphatic heterocycles. The van der Waals surface area contributed by atoms with E-state index < -0.39 is 10.0 Å². The lowest BCUT2D eigenvalue weighted by atomic mass is 10.0. The fraction of sp³-hybridized carbons (Fsp3) is 0.615. The van der Waals surface area contributed by atoms with E-state index in [1.54, 1.807) is 17.9 Å². The van der Waals surface area contributed by atoms with E-state index in [-0.39, 0.29) is 18.5 Å². The molecule has 0 aliphatic carbocycles. The summed E-state index contributed by atoms with van der Waals surface area (Å²) in [6.07, 6.45) is 5.38. The molecule has 1 aromatic rings. The molecule has 0 saturated carbocycles. The van der Waals surface area contributed by atoms with Crippen molar-refractivity contribution in [1.29, 1.82) is 0 Å². The molecule has 6 nitrogen and oxygen atoms in total. The molecule has 1 aliphatic rings. The molecule has 2 heterocycles. The second-order valence-corrected chi connectivity index (χ2v) is 6.99. The van der Waals surface area contributed by atoms with E-state index in [1.807, 2.05) is 0 Å². The number of nitrogens with zero attached hydrogens (tertiary/aromatic N) is 1. The molecule has 1 saturated heterocycles. The average Bonchev–Trinajstić information content (AvgIpc) is 2.81. The molecule has 0 radical (unpaired) electrons. The van der Waals surface area contributed by atoms with E-state index in [1.165, 1.54) is 6.26 Å². The summed E-state index contributed by atoms with van der Waals surface area (Å²) in [6.45, 7) is 2.67. The number of carbonyl (C=O) groups is 1. The maximum Gasteiger partial charge on any atom is 0.257 e. The van der Waals surface area contributed by atoms with Gasteiger partial charge in [-0.15, -0.1) is 0 Å². The Hall–Kier alpha value is -1.34. The topological polar surface area (TPSA) is 79.6 Å². The summed E-state index contributed by atoms with van der Waals surface area (Å²) in [7, 11) is -3.24. The molecule has 1 N–H and O–H groups in total. The zero-order chi connectivity index (χ0) is 14.8. The van der Waals surface area contributed by atoms with Crippen LogP contribution in [0.5, 0.6) is 0 Å². The molecule has 112 valence electrons. The molecule has 1 unspecified atom stereocenters. The predicted octanol–water partition coefficient (Wildman–Crippen LogP) is 1.13. The Morgan fingerprint density at radius 2 is 2.25 bits per heavy atom. The summed E-state index contributed by atoms with van der Waals surface area (Å²) in [5.41, 5.74) is 0.552. The maximum absolute atomic E-state index is 12.5. The van der Waals surface area contributed by atoms with Crippen molar-refractivity contribution in [3.05, 3.63) is 23.7 Å². The molecule has 0 spiro atoms. The Labute approximate surface area is 119 Å². The van der Waals surface area contributed by atoms with Crippen LogP contribution >= 0.6 is 0 Å². The number of rotatable bonds is 4. The van der Waals surface area contributed by atoms with Crippen molar-refractivity contribution >= 4 is 15.9 Å². The molecular formula is C13H20N2O4S. The minimum atomic E-state index is -3.24. The number of amides is 1. The van der Waals surface area contributed by atoms with Crippen LogP contribution in [0.25, 0.3) is 0 Å². The van der Waals surface area contributed by atoms with Crippen LogP contribution in [0.4, 0.5) is 0 Å². The first-order chi connectivity index (χ1) is 9.38. The lowest BCUT2D eigenvalue weighted by Gasteiger charge is -2.35. The van der Waals surface area contributed by atoms with Crippen molar-refractivity contribution < 1.29 is 17.6 Å². The number of hydrogen-bond donors (Lipinski definition) is 1. The van der Waals surface area contributed by atoms with E-state index in [0.717, 1.165) is 25.5 Å². The number of nitrogens with one attached hydrogen (secondary N) is 1. The van der Waals surface area contributed by atoms with Gasteiger partial charge in [-0.1, -0.05) is 0 Å². The molecule has 1 atom stereocenters. The van der Waals surface area contributed by atoms with Crippen LogP contribution in [-0.4, -0.2) is 44.6 Å². The van der Waals surface area contributed by atoms with Gasteiger partial charge in [0.2, 0.25) is 10.0 Å². The standard InChI is InChI=1S/C13H20N2O4S/c1-10-12(6-8-19-10)13(16)15-7-4-3-5-11(15)9-14-20(2,17)18/h6,8,11,14H,3-5,7,9H2,1-2H3. The lowest BCUT2D eigenvalue weighted by Crippen LogP contribution is -2.49. The number of carbonyl (C=O) groups excluding carboxylic acids is 1. The summed E-state index contributed by atoms with van der Waals surface area (Å²) < 4.78 is 30.1. The van der Waals surface area contributed by atoms with Crippen molar-refractivity contribution in [3.8, 4) is 0 Å². The van der Waals surface area contributed by atoms with Gasteiger partial charge in [-0.25, -0.2) is 13.1 Å². The SMILES string of the molecule is Cc1occc1C(=O)N1CCCCC1CNS(C)(=O)=O. The third-order valence-electron chi connectivity index (χ3n) is 3.56. The Bertz CT molecular complexity index is 579. The van der Waals surface area contributed by atoms with Crippen molar-refractivity contribution in [3.63, 3.8) is 0 Å². The van der Waals surface area contributed by atoms with Crippen LogP contribution in [0.1, 0.15) is 35.4 Å². The van der Waals surface area contributed by atoms with E-state index in [0.29, 0.717) is 17.9 Å². The first-order valence-corrected chi connectivity index (χ1v) is 8.57. The molecule has 0 aromatic carbocycles. The molecule has 1 fully saturated rings. The summed E-state index contributed by atoms with van der Waals surface area (Å²) in [5.74, 6) is 0.506. The molecule has 0 bridgehead atoms. The first-order valence-electron chi connectivity index (χ1n) is 6.68. The second-order valence-electron chi connectivity index (χ2n) is 5.16. The largest absolute Gasteiger partial charge is 0.469 e. The average molecular weight is 300 g/mol. The van der Waals surface area contributed by atoms with Gasteiger partial charge < -0.3 is 9.32 Å². The number of furan rings is 1. The van der Waals surface area contributed by atoms with Gasteiger partial charge in [-0.3, -0.25) is 4.79 Å². The number of likely N-dealkylation sites (tertiary alicyclic amines) is 1. The van der Waals surface area contributed by atoms with Gasteiger partial charge in [0.25, 0.3) is 5.91 Å². The number of sulfonamides is 1. The van der Waals surface area contributed by atoms with Gasteiger partial charge in [0, 0.05) is 19.1 Å². The summed E-state index contributed by atoms with van der Waals surface area (Å²) >= 11 is 0. The highest BCUT2D eigenvalue weighted by molar-refractivity contribution is 7.88. The highest BCUT2D eigenvalue weighted by Crippen LogP contribution is 2.21. The monoisotopic (exact) mass is 300 g/mol. The second kappa shape index (κ2) is 5.97. The summed E-state index contributed by atoms with van der Waals surface area (Å²) in [5, 5.41) is 0. The zero-order valence-electron chi connectivity index (χ0n) is 11.8. The first kappa shape index (κ1) is 15.1. The predicted molar refractivity (Wildman–Crippen MR) is 75.0 cm³/mol. The van der Waals surface area contributed by atoms with E-state index in [2.05, 4.69) is 4.72 Å². The third kappa shape index (κ3) is 3.61. The minimum absolute atomic E-state index is 0.0868. The third-order valence-corrected chi connectivity index (χ3v) is 4.25. The fourth-order valence-corrected chi connectivity index (χ4v) is 2.98. The van der Waals surface area contributed by atoms with E-state index in [9.17, 15) is 13.2 Å². The van der Waals surface area contributed by atoms with Crippen LogP contribution in [-0.2, 0) is 10.0 Å². The van der Waals surface area contributed by atoms with Gasteiger partial charge >= 0.3 is 0 Å². The van der Waals surface area contributed by atoms with Crippen LogP contribution in [0, 0.1) is 6.92 Å². The van der Waals surface area contributed by atoms with Crippen molar-refractivity contribution in [2.45, 2.75) is 32.2 Å². The Balaban J connectivity index is 2.11. The molecule has 1 amide bonds. The smallest absolute Gasteiger partial charge is 0.257 e. The highest BCUT2D eigenvalue weighted by Gasteiger charge is 2.29. The van der Waals surface area contributed by atoms with Crippen molar-refractivity contribution in [2.24, 2.45) is 0 Å². The van der Waals surface area contributed by atoms with E-state index >= 15 is 0 Å². The quantitative estimate of drug-likeness (QED) is 0.904. The minimum Gasteiger partial charge on any atom is -0.469 e. The number of aryl methyl sites for hydroxylation is 1. The Morgan fingerprint density at radius 3 is 2.85 bits per heavy atom. The molecule has 7 heteroatoms. The van der Waals surface area contributed by atoms with Crippen LogP contribution in [0.15, 0.2) is 16.7 Å². The number of hydrogen-bond acceptors (Lipinski definition) is 4. The van der Waals surface area contributed by atoms with Gasteiger partial charge in [0.15, 0.2) is 0 Å². The van der Waals surface area contributed by atoms with E-state index in [4.69, 9.17) is 4.42 Å². The van der Waals surface area contributed by atoms with Crippen LogP contribution < -0.4 is 4.72 Å². The molecule has 1 aromatic heterocycles. The molecule has 2 rings (SSSR count). The van der Waals surface area contributed by atoms with Crippen molar-refractivity contribution in [2.75, 3.05) is 19.3 Å². The Kier molecular flexibility index (Phi) is 4.49. The molecular weight excluding hydrogens is 280 g/mol.